The van der Waals surface area contributed by atoms with Gasteiger partial charge in [0, 0.05) is 10.0 Å². The molecule has 0 spiro atoms. The summed E-state index contributed by atoms with van der Waals surface area (Å²) in [6.45, 7) is 6.10. The Morgan fingerprint density at radius 1 is 1.00 bits per heavy atom. The fourth-order valence-electron chi connectivity index (χ4n) is 2.18. The molecular weight excluding hydrogens is 291 g/mol. The Balaban J connectivity index is 2.69. The molecule has 0 saturated heterocycles. The van der Waals surface area contributed by atoms with Crippen LogP contribution in [-0.4, -0.2) is 0 Å². The number of hydrogen-bond acceptors (Lipinski definition) is 0. The van der Waals surface area contributed by atoms with E-state index in [1.165, 1.54) is 6.07 Å². The van der Waals surface area contributed by atoms with Gasteiger partial charge in [-0.15, -0.1) is 0 Å². The van der Waals surface area contributed by atoms with Crippen LogP contribution in [0.3, 0.4) is 0 Å². The maximum Gasteiger partial charge on any atom is 0.127 e. The van der Waals surface area contributed by atoms with E-state index in [9.17, 15) is 4.39 Å². The van der Waals surface area contributed by atoms with E-state index >= 15 is 0 Å². The van der Waals surface area contributed by atoms with Crippen molar-refractivity contribution in [2.45, 2.75) is 26.2 Å². The van der Waals surface area contributed by atoms with Crippen molar-refractivity contribution >= 4 is 15.9 Å². The molecule has 0 unspecified atom stereocenters. The summed E-state index contributed by atoms with van der Waals surface area (Å²) in [5.41, 5.74) is 2.55. The van der Waals surface area contributed by atoms with Gasteiger partial charge in [-0.2, -0.15) is 0 Å². The van der Waals surface area contributed by atoms with Crippen molar-refractivity contribution in [1.82, 2.24) is 0 Å². The lowest BCUT2D eigenvalue weighted by atomic mass is 9.81. The van der Waals surface area contributed by atoms with E-state index in [1.807, 2.05) is 51.1 Å². The third-order valence-electron chi connectivity index (χ3n) is 2.90. The molecule has 0 saturated carbocycles. The second-order valence-electron chi connectivity index (χ2n) is 5.42. The van der Waals surface area contributed by atoms with E-state index in [4.69, 9.17) is 0 Å². The van der Waals surface area contributed by atoms with E-state index in [0.29, 0.717) is 0 Å². The average Bonchev–Trinajstić information content (AvgIpc) is 2.27. The summed E-state index contributed by atoms with van der Waals surface area (Å²) in [7, 11) is 0. The summed E-state index contributed by atoms with van der Waals surface area (Å²) in [6.07, 6.45) is 0. The molecule has 0 atom stereocenters. The topological polar surface area (TPSA) is 0 Å². The van der Waals surface area contributed by atoms with Crippen LogP contribution in [0.5, 0.6) is 0 Å². The van der Waals surface area contributed by atoms with Gasteiger partial charge < -0.3 is 0 Å². The normalized spacial score (nSPS) is 11.6. The third-order valence-corrected chi connectivity index (χ3v) is 3.39. The summed E-state index contributed by atoms with van der Waals surface area (Å²) >= 11 is 3.46. The van der Waals surface area contributed by atoms with Crippen molar-refractivity contribution in [2.24, 2.45) is 0 Å². The van der Waals surface area contributed by atoms with E-state index < -0.39 is 0 Å². The van der Waals surface area contributed by atoms with Gasteiger partial charge in [-0.05, 0) is 34.7 Å². The van der Waals surface area contributed by atoms with Crippen molar-refractivity contribution in [3.05, 3.63) is 58.3 Å². The average molecular weight is 307 g/mol. The van der Waals surface area contributed by atoms with Gasteiger partial charge >= 0.3 is 0 Å². The Morgan fingerprint density at radius 3 is 2.28 bits per heavy atom. The number of halogens is 2. The number of hydrogen-bond donors (Lipinski definition) is 0. The first-order chi connectivity index (χ1) is 8.39. The zero-order chi connectivity index (χ0) is 13.3. The van der Waals surface area contributed by atoms with E-state index in [2.05, 4.69) is 15.9 Å². The molecule has 0 aliphatic carbocycles. The second-order valence-corrected chi connectivity index (χ2v) is 6.34. The molecule has 0 radical (unpaired) electrons. The number of benzene rings is 2. The molecule has 0 aliphatic heterocycles. The molecule has 2 aromatic rings. The monoisotopic (exact) mass is 306 g/mol. The molecule has 2 rings (SSSR count). The van der Waals surface area contributed by atoms with Crippen LogP contribution in [0.4, 0.5) is 4.39 Å². The van der Waals surface area contributed by atoms with Gasteiger partial charge in [0.25, 0.3) is 0 Å². The standard InChI is InChI=1S/C16H16BrF/c1-16(2,3)15-13(8-5-9-14(15)18)11-6-4-7-12(17)10-11/h4-10H,1-3H3. The highest BCUT2D eigenvalue weighted by Crippen LogP contribution is 2.35. The van der Waals surface area contributed by atoms with E-state index in [-0.39, 0.29) is 11.2 Å². The highest BCUT2D eigenvalue weighted by Gasteiger charge is 2.22. The Hall–Kier alpha value is -1.15. The van der Waals surface area contributed by atoms with Crippen LogP contribution < -0.4 is 0 Å². The van der Waals surface area contributed by atoms with Crippen LogP contribution in [0.1, 0.15) is 26.3 Å². The fraction of sp³-hybridized carbons (Fsp3) is 0.250. The molecule has 0 aliphatic rings. The summed E-state index contributed by atoms with van der Waals surface area (Å²) in [5.74, 6) is -0.139. The van der Waals surface area contributed by atoms with Crippen molar-refractivity contribution in [1.29, 1.82) is 0 Å². The SMILES string of the molecule is CC(C)(C)c1c(F)cccc1-c1cccc(Br)c1. The molecule has 94 valence electrons. The van der Waals surface area contributed by atoms with Crippen LogP contribution in [0, 0.1) is 5.82 Å². The van der Waals surface area contributed by atoms with Crippen LogP contribution in [0.2, 0.25) is 0 Å². The molecule has 0 fully saturated rings. The summed E-state index contributed by atoms with van der Waals surface area (Å²) in [5, 5.41) is 0. The molecule has 0 N–H and O–H groups in total. The lowest BCUT2D eigenvalue weighted by Gasteiger charge is -2.23. The van der Waals surface area contributed by atoms with Crippen LogP contribution in [0.25, 0.3) is 11.1 Å². The molecule has 0 nitrogen and oxygen atoms in total. The van der Waals surface area contributed by atoms with E-state index in [0.717, 1.165) is 21.2 Å². The van der Waals surface area contributed by atoms with Gasteiger partial charge in [-0.1, -0.05) is 61.0 Å². The summed E-state index contributed by atoms with van der Waals surface area (Å²) in [4.78, 5) is 0. The second kappa shape index (κ2) is 4.85. The molecule has 18 heavy (non-hydrogen) atoms. The molecule has 2 aromatic carbocycles. The predicted octanol–water partition coefficient (Wildman–Crippen LogP) is 5.55. The fourth-order valence-corrected chi connectivity index (χ4v) is 2.58. The Morgan fingerprint density at radius 2 is 1.67 bits per heavy atom. The van der Waals surface area contributed by atoms with Gasteiger partial charge in [0.2, 0.25) is 0 Å². The Bertz CT molecular complexity index is 568. The zero-order valence-electron chi connectivity index (χ0n) is 10.8. The summed E-state index contributed by atoms with van der Waals surface area (Å²) in [6, 6.07) is 13.2. The van der Waals surface area contributed by atoms with Crippen LogP contribution in [0.15, 0.2) is 46.9 Å². The molecule has 0 amide bonds. The lowest BCUT2D eigenvalue weighted by Crippen LogP contribution is -2.15. The quantitative estimate of drug-likeness (QED) is 0.647. The van der Waals surface area contributed by atoms with Crippen molar-refractivity contribution in [3.8, 4) is 11.1 Å². The van der Waals surface area contributed by atoms with Crippen LogP contribution >= 0.6 is 15.9 Å². The van der Waals surface area contributed by atoms with Gasteiger partial charge in [-0.3, -0.25) is 0 Å². The predicted molar refractivity (Wildman–Crippen MR) is 78.2 cm³/mol. The lowest BCUT2D eigenvalue weighted by molar-refractivity contribution is 0.524. The highest BCUT2D eigenvalue weighted by atomic mass is 79.9. The molecule has 0 aromatic heterocycles. The minimum atomic E-state index is -0.219. The Labute approximate surface area is 116 Å². The first-order valence-electron chi connectivity index (χ1n) is 5.94. The van der Waals surface area contributed by atoms with Gasteiger partial charge in [0.1, 0.15) is 5.82 Å². The van der Waals surface area contributed by atoms with E-state index in [1.54, 1.807) is 6.07 Å². The third kappa shape index (κ3) is 2.64. The summed E-state index contributed by atoms with van der Waals surface area (Å²) < 4.78 is 15.1. The molecule has 2 heteroatoms. The minimum Gasteiger partial charge on any atom is -0.207 e. The molecule has 0 heterocycles. The smallest absolute Gasteiger partial charge is 0.127 e. The minimum absolute atomic E-state index is 0.139. The van der Waals surface area contributed by atoms with Gasteiger partial charge in [0.05, 0.1) is 0 Å². The Kier molecular flexibility index (Phi) is 3.58. The maximum absolute atomic E-state index is 14.1. The van der Waals surface area contributed by atoms with Crippen molar-refractivity contribution < 1.29 is 4.39 Å². The highest BCUT2D eigenvalue weighted by molar-refractivity contribution is 9.10. The number of rotatable bonds is 1. The first kappa shape index (κ1) is 13.3. The van der Waals surface area contributed by atoms with Gasteiger partial charge in [0.15, 0.2) is 0 Å². The van der Waals surface area contributed by atoms with Crippen molar-refractivity contribution in [2.75, 3.05) is 0 Å². The molecule has 0 bridgehead atoms. The first-order valence-corrected chi connectivity index (χ1v) is 6.74. The zero-order valence-corrected chi connectivity index (χ0v) is 12.4. The largest absolute Gasteiger partial charge is 0.207 e. The maximum atomic E-state index is 14.1. The van der Waals surface area contributed by atoms with Crippen LogP contribution in [-0.2, 0) is 5.41 Å². The van der Waals surface area contributed by atoms with Crippen molar-refractivity contribution in [3.63, 3.8) is 0 Å². The van der Waals surface area contributed by atoms with Gasteiger partial charge in [-0.25, -0.2) is 4.39 Å². The molecular formula is C16H16BrF.